The maximum Gasteiger partial charge on any atom is 0.248 e. The van der Waals surface area contributed by atoms with Gasteiger partial charge in [0.1, 0.15) is 12.2 Å². The SMILES string of the molecule is NC(=O)c1ccc(S(=O)(=O)NCCCc2ncn[nH]2)cc1. The molecule has 0 atom stereocenters. The summed E-state index contributed by atoms with van der Waals surface area (Å²) in [6, 6.07) is 5.45. The van der Waals surface area contributed by atoms with Gasteiger partial charge in [-0.2, -0.15) is 5.10 Å². The highest BCUT2D eigenvalue weighted by Crippen LogP contribution is 2.10. The van der Waals surface area contributed by atoms with Gasteiger partial charge in [-0.05, 0) is 30.7 Å². The number of primary amides is 1. The number of carbonyl (C=O) groups excluding carboxylic acids is 1. The Labute approximate surface area is 121 Å². The van der Waals surface area contributed by atoms with Gasteiger partial charge in [-0.25, -0.2) is 18.1 Å². The summed E-state index contributed by atoms with van der Waals surface area (Å²) in [5.41, 5.74) is 5.36. The van der Waals surface area contributed by atoms with Crippen molar-refractivity contribution in [1.29, 1.82) is 0 Å². The number of nitrogens with zero attached hydrogens (tertiary/aromatic N) is 2. The van der Waals surface area contributed by atoms with E-state index < -0.39 is 15.9 Å². The summed E-state index contributed by atoms with van der Waals surface area (Å²) in [4.78, 5) is 15.0. The van der Waals surface area contributed by atoms with E-state index in [1.165, 1.54) is 30.6 Å². The first-order valence-electron chi connectivity index (χ1n) is 6.23. The Morgan fingerprint density at radius 3 is 2.57 bits per heavy atom. The molecule has 0 unspecified atom stereocenters. The molecule has 1 amide bonds. The number of nitrogens with one attached hydrogen (secondary N) is 2. The average molecular weight is 309 g/mol. The molecular weight excluding hydrogens is 294 g/mol. The molecule has 0 spiro atoms. The Bertz CT molecular complexity index is 695. The topological polar surface area (TPSA) is 131 Å². The van der Waals surface area contributed by atoms with Crippen molar-refractivity contribution in [2.75, 3.05) is 6.54 Å². The molecule has 0 fully saturated rings. The van der Waals surface area contributed by atoms with Gasteiger partial charge in [0.25, 0.3) is 0 Å². The van der Waals surface area contributed by atoms with Crippen molar-refractivity contribution in [3.8, 4) is 0 Å². The molecular formula is C12H15N5O3S. The van der Waals surface area contributed by atoms with Crippen LogP contribution in [0.25, 0.3) is 0 Å². The van der Waals surface area contributed by atoms with E-state index in [2.05, 4.69) is 19.9 Å². The van der Waals surface area contributed by atoms with Gasteiger partial charge >= 0.3 is 0 Å². The van der Waals surface area contributed by atoms with Crippen LogP contribution in [0.15, 0.2) is 35.5 Å². The summed E-state index contributed by atoms with van der Waals surface area (Å²) in [5.74, 6) is 0.110. The van der Waals surface area contributed by atoms with Crippen molar-refractivity contribution in [2.24, 2.45) is 5.73 Å². The second kappa shape index (κ2) is 6.46. The molecule has 0 radical (unpaired) electrons. The minimum Gasteiger partial charge on any atom is -0.366 e. The molecule has 9 heteroatoms. The van der Waals surface area contributed by atoms with Crippen LogP contribution in [0.1, 0.15) is 22.6 Å². The lowest BCUT2D eigenvalue weighted by atomic mass is 10.2. The summed E-state index contributed by atoms with van der Waals surface area (Å²) in [7, 11) is -3.59. The summed E-state index contributed by atoms with van der Waals surface area (Å²) < 4.78 is 26.5. The Hall–Kier alpha value is -2.26. The van der Waals surface area contributed by atoms with Crippen LogP contribution in [0, 0.1) is 0 Å². The number of aromatic nitrogens is 3. The summed E-state index contributed by atoms with van der Waals surface area (Å²) in [5, 5.41) is 6.41. The zero-order chi connectivity index (χ0) is 15.3. The minimum atomic E-state index is -3.59. The molecule has 2 rings (SSSR count). The molecule has 0 bridgehead atoms. The average Bonchev–Trinajstić information content (AvgIpc) is 2.97. The normalized spacial score (nSPS) is 11.4. The smallest absolute Gasteiger partial charge is 0.248 e. The van der Waals surface area contributed by atoms with Gasteiger partial charge in [0.05, 0.1) is 4.90 Å². The van der Waals surface area contributed by atoms with E-state index in [-0.39, 0.29) is 17.0 Å². The third kappa shape index (κ3) is 4.10. The number of hydrogen-bond donors (Lipinski definition) is 3. The number of aryl methyl sites for hydroxylation is 1. The first kappa shape index (κ1) is 15.1. The third-order valence-corrected chi connectivity index (χ3v) is 4.27. The van der Waals surface area contributed by atoms with Gasteiger partial charge in [0, 0.05) is 18.5 Å². The standard InChI is InChI=1S/C12H15N5O3S/c13-12(18)9-3-5-10(6-4-9)21(19,20)16-7-1-2-11-14-8-15-17-11/h3-6,8,16H,1-2,7H2,(H2,13,18)(H,14,15,17). The minimum absolute atomic E-state index is 0.0900. The summed E-state index contributed by atoms with van der Waals surface area (Å²) in [6.07, 6.45) is 2.59. The molecule has 112 valence electrons. The van der Waals surface area contributed by atoms with Crippen LogP contribution in [0.2, 0.25) is 0 Å². The number of benzene rings is 1. The zero-order valence-electron chi connectivity index (χ0n) is 11.1. The van der Waals surface area contributed by atoms with E-state index in [1.54, 1.807) is 0 Å². The van der Waals surface area contributed by atoms with Gasteiger partial charge in [-0.3, -0.25) is 9.89 Å². The monoisotopic (exact) mass is 309 g/mol. The molecule has 2 aromatic rings. The zero-order valence-corrected chi connectivity index (χ0v) is 11.9. The van der Waals surface area contributed by atoms with Gasteiger partial charge in [-0.15, -0.1) is 0 Å². The second-order valence-electron chi connectivity index (χ2n) is 4.32. The fourth-order valence-electron chi connectivity index (χ4n) is 1.70. The van der Waals surface area contributed by atoms with Crippen LogP contribution in [0.3, 0.4) is 0 Å². The number of carbonyl (C=O) groups is 1. The van der Waals surface area contributed by atoms with E-state index in [4.69, 9.17) is 5.73 Å². The van der Waals surface area contributed by atoms with Gasteiger partial charge in [0.2, 0.25) is 15.9 Å². The first-order chi connectivity index (χ1) is 9.99. The molecule has 21 heavy (non-hydrogen) atoms. The highest BCUT2D eigenvalue weighted by atomic mass is 32.2. The van der Waals surface area contributed by atoms with Crippen molar-refractivity contribution in [3.63, 3.8) is 0 Å². The van der Waals surface area contributed by atoms with E-state index in [9.17, 15) is 13.2 Å². The van der Waals surface area contributed by atoms with Crippen molar-refractivity contribution >= 4 is 15.9 Å². The third-order valence-electron chi connectivity index (χ3n) is 2.80. The van der Waals surface area contributed by atoms with Gasteiger partial charge in [-0.1, -0.05) is 0 Å². The van der Waals surface area contributed by atoms with E-state index in [0.717, 1.165) is 0 Å². The second-order valence-corrected chi connectivity index (χ2v) is 6.09. The Balaban J connectivity index is 1.90. The number of aromatic amines is 1. The molecule has 1 heterocycles. The van der Waals surface area contributed by atoms with Crippen molar-refractivity contribution in [2.45, 2.75) is 17.7 Å². The van der Waals surface area contributed by atoms with Gasteiger partial charge < -0.3 is 5.73 Å². The maximum absolute atomic E-state index is 12.0. The van der Waals surface area contributed by atoms with Crippen LogP contribution in [0.5, 0.6) is 0 Å². The highest BCUT2D eigenvalue weighted by molar-refractivity contribution is 7.89. The Morgan fingerprint density at radius 2 is 2.00 bits per heavy atom. The van der Waals surface area contributed by atoms with Crippen LogP contribution in [-0.2, 0) is 16.4 Å². The number of nitrogens with two attached hydrogens (primary N) is 1. The predicted octanol–water partition coefficient (Wildman–Crippen LogP) is -0.185. The molecule has 1 aromatic carbocycles. The molecule has 0 aliphatic carbocycles. The van der Waals surface area contributed by atoms with E-state index >= 15 is 0 Å². The summed E-state index contributed by atoms with van der Waals surface area (Å²) >= 11 is 0. The van der Waals surface area contributed by atoms with E-state index in [1.807, 2.05) is 0 Å². The number of sulfonamides is 1. The van der Waals surface area contributed by atoms with Crippen molar-refractivity contribution in [1.82, 2.24) is 19.9 Å². The quantitative estimate of drug-likeness (QED) is 0.610. The molecule has 0 saturated carbocycles. The van der Waals surface area contributed by atoms with Crippen LogP contribution < -0.4 is 10.5 Å². The lowest BCUT2D eigenvalue weighted by Gasteiger charge is -2.06. The number of hydrogen-bond acceptors (Lipinski definition) is 5. The molecule has 4 N–H and O–H groups in total. The van der Waals surface area contributed by atoms with Crippen molar-refractivity contribution in [3.05, 3.63) is 42.0 Å². The maximum atomic E-state index is 12.0. The molecule has 0 aliphatic rings. The molecule has 0 saturated heterocycles. The van der Waals surface area contributed by atoms with Crippen LogP contribution >= 0.6 is 0 Å². The molecule has 8 nitrogen and oxygen atoms in total. The summed E-state index contributed by atoms with van der Waals surface area (Å²) in [6.45, 7) is 0.278. The van der Waals surface area contributed by atoms with Crippen LogP contribution in [0.4, 0.5) is 0 Å². The number of rotatable bonds is 7. The lowest BCUT2D eigenvalue weighted by molar-refractivity contribution is 0.1000. The lowest BCUT2D eigenvalue weighted by Crippen LogP contribution is -2.25. The number of H-pyrrole nitrogens is 1. The largest absolute Gasteiger partial charge is 0.366 e. The van der Waals surface area contributed by atoms with Crippen molar-refractivity contribution < 1.29 is 13.2 Å². The molecule has 1 aromatic heterocycles. The van der Waals surface area contributed by atoms with Crippen LogP contribution in [-0.4, -0.2) is 36.1 Å². The Kier molecular flexibility index (Phi) is 4.66. The van der Waals surface area contributed by atoms with Gasteiger partial charge in [0.15, 0.2) is 0 Å². The first-order valence-corrected chi connectivity index (χ1v) is 7.71. The Morgan fingerprint density at radius 1 is 1.29 bits per heavy atom. The highest BCUT2D eigenvalue weighted by Gasteiger charge is 2.13. The predicted molar refractivity (Wildman–Crippen MR) is 74.9 cm³/mol. The number of amides is 1. The fourth-order valence-corrected chi connectivity index (χ4v) is 2.77. The fraction of sp³-hybridized carbons (Fsp3) is 0.250. The van der Waals surface area contributed by atoms with E-state index in [0.29, 0.717) is 18.7 Å². The molecule has 0 aliphatic heterocycles.